The van der Waals surface area contributed by atoms with Crippen LogP contribution < -0.4 is 10.2 Å². The van der Waals surface area contributed by atoms with Crippen molar-refractivity contribution < 1.29 is 13.2 Å². The highest BCUT2D eigenvalue weighted by molar-refractivity contribution is 7.89. The number of nitrogens with zero attached hydrogens (tertiary/aromatic N) is 2. The molecule has 1 aliphatic heterocycles. The highest BCUT2D eigenvalue weighted by Crippen LogP contribution is 2.26. The molecule has 1 aromatic heterocycles. The Labute approximate surface area is 185 Å². The quantitative estimate of drug-likeness (QED) is 0.611. The van der Waals surface area contributed by atoms with Crippen molar-refractivity contribution in [2.24, 2.45) is 0 Å². The van der Waals surface area contributed by atoms with Crippen molar-refractivity contribution in [1.29, 1.82) is 0 Å². The standard InChI is InChI=1S/C22H25N3O4S2/c1-15-5-6-16(2)18(13-15)23-21(26)9-12-25-19-8-7-17(14-20(19)30-22(25)27)31(28,29)24-10-3-4-11-24/h5-8,13-14H,3-4,9-12H2,1-2H3,(H,23,26). The summed E-state index contributed by atoms with van der Waals surface area (Å²) in [5, 5.41) is 2.91. The van der Waals surface area contributed by atoms with Gasteiger partial charge in [0.1, 0.15) is 0 Å². The highest BCUT2D eigenvalue weighted by atomic mass is 32.2. The van der Waals surface area contributed by atoms with E-state index >= 15 is 0 Å². The molecule has 0 atom stereocenters. The lowest BCUT2D eigenvalue weighted by Gasteiger charge is -2.15. The van der Waals surface area contributed by atoms with E-state index in [1.807, 2.05) is 32.0 Å². The number of hydrogen-bond donors (Lipinski definition) is 1. The van der Waals surface area contributed by atoms with Crippen LogP contribution in [0.5, 0.6) is 0 Å². The van der Waals surface area contributed by atoms with Gasteiger partial charge >= 0.3 is 4.87 Å². The molecule has 31 heavy (non-hydrogen) atoms. The second kappa shape index (κ2) is 8.57. The first kappa shape index (κ1) is 21.7. The van der Waals surface area contributed by atoms with Crippen molar-refractivity contribution in [3.05, 3.63) is 57.2 Å². The molecule has 2 aromatic carbocycles. The Hall–Kier alpha value is -2.49. The average Bonchev–Trinajstić information content (AvgIpc) is 3.37. The van der Waals surface area contributed by atoms with Gasteiger partial charge in [-0.05, 0) is 62.1 Å². The Bertz CT molecular complexity index is 1300. The van der Waals surface area contributed by atoms with Crippen molar-refractivity contribution in [3.8, 4) is 0 Å². The van der Waals surface area contributed by atoms with Crippen LogP contribution >= 0.6 is 11.3 Å². The predicted molar refractivity (Wildman–Crippen MR) is 123 cm³/mol. The lowest BCUT2D eigenvalue weighted by Crippen LogP contribution is -2.27. The molecule has 7 nitrogen and oxygen atoms in total. The molecule has 1 fully saturated rings. The zero-order valence-corrected chi connectivity index (χ0v) is 19.2. The monoisotopic (exact) mass is 459 g/mol. The van der Waals surface area contributed by atoms with Gasteiger partial charge in [0.25, 0.3) is 0 Å². The Morgan fingerprint density at radius 1 is 1.10 bits per heavy atom. The zero-order chi connectivity index (χ0) is 22.2. The first-order chi connectivity index (χ1) is 14.8. The van der Waals surface area contributed by atoms with Crippen LogP contribution in [0.25, 0.3) is 10.2 Å². The minimum Gasteiger partial charge on any atom is -0.326 e. The summed E-state index contributed by atoms with van der Waals surface area (Å²) < 4.78 is 29.2. The van der Waals surface area contributed by atoms with Crippen LogP contribution in [0.2, 0.25) is 0 Å². The average molecular weight is 460 g/mol. The largest absolute Gasteiger partial charge is 0.326 e. The maximum atomic E-state index is 12.8. The number of sulfonamides is 1. The van der Waals surface area contributed by atoms with E-state index in [-0.39, 0.29) is 28.6 Å². The summed E-state index contributed by atoms with van der Waals surface area (Å²) in [4.78, 5) is 25.0. The molecule has 1 N–H and O–H groups in total. The molecule has 1 amide bonds. The number of nitrogens with one attached hydrogen (secondary N) is 1. The number of amides is 1. The third-order valence-corrected chi connectivity index (χ3v) is 8.41. The van der Waals surface area contributed by atoms with Crippen molar-refractivity contribution in [2.45, 2.75) is 44.6 Å². The van der Waals surface area contributed by atoms with Gasteiger partial charge in [-0.25, -0.2) is 8.42 Å². The van der Waals surface area contributed by atoms with Gasteiger partial charge in [0.2, 0.25) is 15.9 Å². The van der Waals surface area contributed by atoms with Crippen molar-refractivity contribution in [2.75, 3.05) is 18.4 Å². The molecular weight excluding hydrogens is 434 g/mol. The third kappa shape index (κ3) is 4.44. The molecule has 4 rings (SSSR count). The van der Waals surface area contributed by atoms with E-state index in [2.05, 4.69) is 5.32 Å². The molecule has 0 unspecified atom stereocenters. The van der Waals surface area contributed by atoms with Gasteiger partial charge in [0.05, 0.1) is 15.1 Å². The minimum absolute atomic E-state index is 0.146. The number of hydrogen-bond acceptors (Lipinski definition) is 5. The molecule has 1 saturated heterocycles. The van der Waals surface area contributed by atoms with Crippen LogP contribution in [-0.2, 0) is 21.4 Å². The number of aryl methyl sites for hydroxylation is 3. The fourth-order valence-electron chi connectivity index (χ4n) is 3.79. The Balaban J connectivity index is 1.52. The number of carbonyl (C=O) groups is 1. The van der Waals surface area contributed by atoms with Crippen LogP contribution in [-0.4, -0.2) is 36.3 Å². The van der Waals surface area contributed by atoms with Gasteiger partial charge in [-0.2, -0.15) is 4.31 Å². The molecule has 2 heterocycles. The normalized spacial score (nSPS) is 14.9. The molecule has 3 aromatic rings. The van der Waals surface area contributed by atoms with E-state index in [4.69, 9.17) is 0 Å². The van der Waals surface area contributed by atoms with Crippen molar-refractivity contribution in [3.63, 3.8) is 0 Å². The van der Waals surface area contributed by atoms with Crippen molar-refractivity contribution in [1.82, 2.24) is 8.87 Å². The maximum Gasteiger partial charge on any atom is 0.308 e. The molecule has 1 aliphatic rings. The second-order valence-electron chi connectivity index (χ2n) is 7.88. The minimum atomic E-state index is -3.54. The van der Waals surface area contributed by atoms with Crippen LogP contribution in [0.3, 0.4) is 0 Å². The molecule has 0 aliphatic carbocycles. The molecule has 9 heteroatoms. The van der Waals surface area contributed by atoms with E-state index in [9.17, 15) is 18.0 Å². The van der Waals surface area contributed by atoms with Crippen LogP contribution in [0.4, 0.5) is 5.69 Å². The molecule has 0 radical (unpaired) electrons. The summed E-state index contributed by atoms with van der Waals surface area (Å²) in [6, 6.07) is 10.6. The summed E-state index contributed by atoms with van der Waals surface area (Å²) in [6.07, 6.45) is 1.89. The van der Waals surface area contributed by atoms with Gasteiger partial charge in [-0.3, -0.25) is 14.2 Å². The van der Waals surface area contributed by atoms with Gasteiger partial charge in [0, 0.05) is 31.7 Å². The number of aromatic nitrogens is 1. The Morgan fingerprint density at radius 2 is 1.84 bits per heavy atom. The summed E-state index contributed by atoms with van der Waals surface area (Å²) in [5.41, 5.74) is 3.45. The highest BCUT2D eigenvalue weighted by Gasteiger charge is 2.27. The number of benzene rings is 2. The van der Waals surface area contributed by atoms with Gasteiger partial charge in [-0.1, -0.05) is 23.5 Å². The lowest BCUT2D eigenvalue weighted by molar-refractivity contribution is -0.116. The predicted octanol–water partition coefficient (Wildman–Crippen LogP) is 3.49. The summed E-state index contributed by atoms with van der Waals surface area (Å²) in [5.74, 6) is -0.173. The van der Waals surface area contributed by atoms with Gasteiger partial charge in [0.15, 0.2) is 0 Å². The number of fused-ring (bicyclic) bond motifs is 1. The van der Waals surface area contributed by atoms with E-state index < -0.39 is 10.0 Å². The molecule has 0 saturated carbocycles. The number of carbonyl (C=O) groups excluding carboxylic acids is 1. The zero-order valence-electron chi connectivity index (χ0n) is 17.6. The van der Waals surface area contributed by atoms with E-state index in [1.54, 1.807) is 18.2 Å². The van der Waals surface area contributed by atoms with E-state index in [1.165, 1.54) is 8.87 Å². The fraction of sp³-hybridized carbons (Fsp3) is 0.364. The molecule has 0 bridgehead atoms. The smallest absolute Gasteiger partial charge is 0.308 e. The van der Waals surface area contributed by atoms with Crippen LogP contribution in [0, 0.1) is 13.8 Å². The number of rotatable bonds is 6. The Morgan fingerprint density at radius 3 is 2.58 bits per heavy atom. The molecular formula is C22H25N3O4S2. The first-order valence-electron chi connectivity index (χ1n) is 10.3. The van der Waals surface area contributed by atoms with Crippen molar-refractivity contribution >= 4 is 43.2 Å². The second-order valence-corrected chi connectivity index (χ2v) is 10.8. The topological polar surface area (TPSA) is 88.5 Å². The molecule has 0 spiro atoms. The van der Waals surface area contributed by atoms with E-state index in [0.717, 1.165) is 41.0 Å². The Kier molecular flexibility index (Phi) is 6.00. The van der Waals surface area contributed by atoms with E-state index in [0.29, 0.717) is 23.3 Å². The summed E-state index contributed by atoms with van der Waals surface area (Å²) >= 11 is 1.00. The SMILES string of the molecule is Cc1ccc(C)c(NC(=O)CCn2c(=O)sc3cc(S(=O)(=O)N4CCCC4)ccc32)c1. The van der Waals surface area contributed by atoms with Gasteiger partial charge < -0.3 is 5.32 Å². The maximum absolute atomic E-state index is 12.8. The first-order valence-corrected chi connectivity index (χ1v) is 12.5. The summed E-state index contributed by atoms with van der Waals surface area (Å²) in [7, 11) is -3.54. The number of thiazole rings is 1. The van der Waals surface area contributed by atoms with Gasteiger partial charge in [-0.15, -0.1) is 0 Å². The lowest BCUT2D eigenvalue weighted by atomic mass is 10.1. The fourth-order valence-corrected chi connectivity index (χ4v) is 6.37. The number of anilines is 1. The van der Waals surface area contributed by atoms with Crippen LogP contribution in [0.15, 0.2) is 46.1 Å². The summed E-state index contributed by atoms with van der Waals surface area (Å²) in [6.45, 7) is 5.19. The molecule has 164 valence electrons. The third-order valence-electron chi connectivity index (χ3n) is 5.57. The van der Waals surface area contributed by atoms with Crippen LogP contribution in [0.1, 0.15) is 30.4 Å².